The Morgan fingerprint density at radius 2 is 1.73 bits per heavy atom. The lowest BCUT2D eigenvalue weighted by atomic mass is 9.43. The molecule has 0 unspecified atom stereocenters. The van der Waals surface area contributed by atoms with Crippen molar-refractivity contribution in [3.63, 3.8) is 0 Å². The number of ether oxygens (including phenoxy) is 2. The molecule has 4 aliphatic carbocycles. The van der Waals surface area contributed by atoms with Crippen molar-refractivity contribution in [2.75, 3.05) is 7.11 Å². The van der Waals surface area contributed by atoms with Crippen molar-refractivity contribution in [2.45, 2.75) is 97.5 Å². The van der Waals surface area contributed by atoms with Crippen LogP contribution in [-0.4, -0.2) is 47.8 Å². The maximum absolute atomic E-state index is 13.9. The number of carbonyl (C=O) groups excluding carboxylic acids is 4. The van der Waals surface area contributed by atoms with Gasteiger partial charge in [-0.25, -0.2) is 0 Å². The van der Waals surface area contributed by atoms with E-state index in [1.54, 1.807) is 0 Å². The van der Waals surface area contributed by atoms with Gasteiger partial charge in [0.25, 0.3) is 0 Å². The molecule has 0 spiro atoms. The van der Waals surface area contributed by atoms with Crippen molar-refractivity contribution in [3.8, 4) is 0 Å². The van der Waals surface area contributed by atoms with Gasteiger partial charge in [-0.05, 0) is 73.5 Å². The molecule has 0 saturated heterocycles. The number of carbonyl (C=O) groups is 5. The topological polar surface area (TPSA) is 124 Å². The Labute approximate surface area is 219 Å². The molecule has 0 aromatic heterocycles. The Morgan fingerprint density at radius 3 is 2.41 bits per heavy atom. The van der Waals surface area contributed by atoms with Gasteiger partial charge in [-0.2, -0.15) is 0 Å². The predicted molar refractivity (Wildman–Crippen MR) is 133 cm³/mol. The SMILES string of the molecule is COC(=O)CC[C@@H](C)[C@H]1CC[C@H]2[C@@H]3C(=O)C[C@@H]4C[C@H](OC(=O)CCC(=O)O)CC[C@]4(C)[C@H]3CC(=O)[C@]12C. The Hall–Kier alpha value is -2.25. The van der Waals surface area contributed by atoms with E-state index < -0.39 is 17.4 Å². The predicted octanol–water partition coefficient (Wildman–Crippen LogP) is 4.37. The molecule has 0 radical (unpaired) electrons. The van der Waals surface area contributed by atoms with Gasteiger partial charge < -0.3 is 14.6 Å². The molecule has 4 saturated carbocycles. The number of esters is 2. The van der Waals surface area contributed by atoms with Crippen LogP contribution in [0.3, 0.4) is 0 Å². The van der Waals surface area contributed by atoms with Crippen molar-refractivity contribution < 1.29 is 38.6 Å². The number of methoxy groups -OCH3 is 1. The standard InChI is InChI=1S/C29H42O8/c1-16(5-9-25(34)36-4)19-6-7-20-27-21(15-23(31)29(19,20)3)28(2)12-11-18(13-17(28)14-22(27)30)37-26(35)10-8-24(32)33/h16-21,27H,5-15H2,1-4H3,(H,32,33)/t16-,17+,18-,19-,20+,21+,27+,28+,29-/m1/s1. The Kier molecular flexibility index (Phi) is 7.87. The number of rotatable bonds is 8. The first kappa shape index (κ1) is 27.8. The second-order valence-electron chi connectivity index (χ2n) is 12.6. The van der Waals surface area contributed by atoms with Gasteiger partial charge in [-0.3, -0.25) is 24.0 Å². The molecule has 0 aromatic rings. The monoisotopic (exact) mass is 518 g/mol. The molecule has 0 aromatic carbocycles. The first-order valence-corrected chi connectivity index (χ1v) is 14.0. The lowest BCUT2D eigenvalue weighted by Crippen LogP contribution is -2.60. The van der Waals surface area contributed by atoms with Crippen molar-refractivity contribution in [1.82, 2.24) is 0 Å². The van der Waals surface area contributed by atoms with Crippen LogP contribution in [-0.2, 0) is 33.4 Å². The first-order chi connectivity index (χ1) is 17.4. The summed E-state index contributed by atoms with van der Waals surface area (Å²) in [5, 5.41) is 8.81. The maximum Gasteiger partial charge on any atom is 0.306 e. The molecule has 37 heavy (non-hydrogen) atoms. The van der Waals surface area contributed by atoms with E-state index >= 15 is 0 Å². The fraction of sp³-hybridized carbons (Fsp3) is 0.828. The summed E-state index contributed by atoms with van der Waals surface area (Å²) in [5.41, 5.74) is -0.694. The average molecular weight is 519 g/mol. The lowest BCUT2D eigenvalue weighted by molar-refractivity contribution is -0.173. The highest BCUT2D eigenvalue weighted by atomic mass is 16.5. The second kappa shape index (κ2) is 10.5. The smallest absolute Gasteiger partial charge is 0.306 e. The number of Topliss-reactive ketones (excluding diaryl/α,β-unsaturated/α-hetero) is 2. The highest BCUT2D eigenvalue weighted by Crippen LogP contribution is 2.66. The van der Waals surface area contributed by atoms with Crippen LogP contribution in [0.5, 0.6) is 0 Å². The normalized spacial score (nSPS) is 39.7. The first-order valence-electron chi connectivity index (χ1n) is 14.0. The summed E-state index contributed by atoms with van der Waals surface area (Å²) in [4.78, 5) is 62.2. The highest BCUT2D eigenvalue weighted by molar-refractivity contribution is 5.92. The van der Waals surface area contributed by atoms with Crippen molar-refractivity contribution in [2.24, 2.45) is 46.3 Å². The van der Waals surface area contributed by atoms with Crippen LogP contribution in [0.25, 0.3) is 0 Å². The van der Waals surface area contributed by atoms with Crippen LogP contribution in [0.2, 0.25) is 0 Å². The van der Waals surface area contributed by atoms with E-state index in [0.29, 0.717) is 38.5 Å². The summed E-state index contributed by atoms with van der Waals surface area (Å²) in [5.74, 6) is -0.893. The van der Waals surface area contributed by atoms with Crippen LogP contribution in [0, 0.1) is 46.3 Å². The third-order valence-electron chi connectivity index (χ3n) is 10.9. The Morgan fingerprint density at radius 1 is 1.00 bits per heavy atom. The molecular weight excluding hydrogens is 476 g/mol. The quantitative estimate of drug-likeness (QED) is 0.470. The van der Waals surface area contributed by atoms with E-state index in [-0.39, 0.29) is 77.4 Å². The van der Waals surface area contributed by atoms with Gasteiger partial charge in [0.1, 0.15) is 17.7 Å². The molecule has 206 valence electrons. The molecule has 9 atom stereocenters. The minimum atomic E-state index is -1.03. The van der Waals surface area contributed by atoms with Gasteiger partial charge in [-0.15, -0.1) is 0 Å². The summed E-state index contributed by atoms with van der Waals surface area (Å²) in [6, 6.07) is 0. The summed E-state index contributed by atoms with van der Waals surface area (Å²) >= 11 is 0. The van der Waals surface area contributed by atoms with Gasteiger partial charge >= 0.3 is 17.9 Å². The van der Waals surface area contributed by atoms with E-state index in [9.17, 15) is 24.0 Å². The number of hydrogen-bond acceptors (Lipinski definition) is 7. The molecule has 0 amide bonds. The number of aliphatic carboxylic acids is 1. The minimum absolute atomic E-state index is 0.0112. The van der Waals surface area contributed by atoms with Gasteiger partial charge in [0.15, 0.2) is 0 Å². The van der Waals surface area contributed by atoms with Crippen molar-refractivity contribution >= 4 is 29.5 Å². The van der Waals surface area contributed by atoms with Gasteiger partial charge in [0, 0.05) is 30.6 Å². The minimum Gasteiger partial charge on any atom is -0.481 e. The van der Waals surface area contributed by atoms with Crippen LogP contribution >= 0.6 is 0 Å². The van der Waals surface area contributed by atoms with Gasteiger partial charge in [0.05, 0.1) is 20.0 Å². The molecule has 0 aliphatic heterocycles. The van der Waals surface area contributed by atoms with Crippen LogP contribution in [0.1, 0.15) is 91.4 Å². The Balaban J connectivity index is 1.48. The summed E-state index contributed by atoms with van der Waals surface area (Å²) < 4.78 is 10.4. The number of hydrogen-bond donors (Lipinski definition) is 1. The molecule has 0 heterocycles. The highest BCUT2D eigenvalue weighted by Gasteiger charge is 2.66. The summed E-state index contributed by atoms with van der Waals surface area (Å²) in [6.45, 7) is 6.43. The summed E-state index contributed by atoms with van der Waals surface area (Å²) in [7, 11) is 1.39. The zero-order valence-corrected chi connectivity index (χ0v) is 22.6. The second-order valence-corrected chi connectivity index (χ2v) is 12.6. The van der Waals surface area contributed by atoms with E-state index in [2.05, 4.69) is 20.8 Å². The average Bonchev–Trinajstić information content (AvgIpc) is 3.21. The van der Waals surface area contributed by atoms with Crippen LogP contribution in [0.15, 0.2) is 0 Å². The zero-order chi connectivity index (χ0) is 27.1. The zero-order valence-electron chi connectivity index (χ0n) is 22.6. The van der Waals surface area contributed by atoms with Crippen LogP contribution < -0.4 is 0 Å². The number of carboxylic acid groups (broad SMARTS) is 1. The largest absolute Gasteiger partial charge is 0.481 e. The fourth-order valence-corrected chi connectivity index (χ4v) is 8.77. The molecule has 8 nitrogen and oxygen atoms in total. The summed E-state index contributed by atoms with van der Waals surface area (Å²) in [6.07, 6.45) is 5.01. The van der Waals surface area contributed by atoms with E-state index in [1.165, 1.54) is 7.11 Å². The molecule has 1 N–H and O–H groups in total. The molecule has 4 rings (SSSR count). The van der Waals surface area contributed by atoms with E-state index in [0.717, 1.165) is 19.3 Å². The fourth-order valence-electron chi connectivity index (χ4n) is 8.77. The number of ketones is 2. The van der Waals surface area contributed by atoms with Gasteiger partial charge in [-0.1, -0.05) is 20.8 Å². The Bertz CT molecular complexity index is 958. The van der Waals surface area contributed by atoms with Crippen molar-refractivity contribution in [3.05, 3.63) is 0 Å². The molecular formula is C29H42O8. The van der Waals surface area contributed by atoms with E-state index in [1.807, 2.05) is 0 Å². The van der Waals surface area contributed by atoms with Crippen molar-refractivity contribution in [1.29, 1.82) is 0 Å². The molecule has 0 bridgehead atoms. The van der Waals surface area contributed by atoms with E-state index in [4.69, 9.17) is 14.6 Å². The molecule has 4 aliphatic rings. The lowest BCUT2D eigenvalue weighted by Gasteiger charge is -2.59. The molecule has 8 heteroatoms. The number of carboxylic acids is 1. The van der Waals surface area contributed by atoms with Crippen LogP contribution in [0.4, 0.5) is 0 Å². The number of fused-ring (bicyclic) bond motifs is 5. The van der Waals surface area contributed by atoms with Gasteiger partial charge in [0.2, 0.25) is 0 Å². The third-order valence-corrected chi connectivity index (χ3v) is 10.9. The third kappa shape index (κ3) is 4.97. The maximum atomic E-state index is 13.9. The molecule has 4 fully saturated rings.